The van der Waals surface area contributed by atoms with Crippen LogP contribution in [0.4, 0.5) is 4.79 Å². The lowest BCUT2D eigenvalue weighted by Crippen LogP contribution is -2.57. The molecule has 0 saturated carbocycles. The van der Waals surface area contributed by atoms with Crippen molar-refractivity contribution < 1.29 is 33.0 Å². The Morgan fingerprint density at radius 3 is 2.25 bits per heavy atom. The lowest BCUT2D eigenvalue weighted by atomic mass is 9.97. The van der Waals surface area contributed by atoms with E-state index in [0.717, 1.165) is 16.3 Å². The summed E-state index contributed by atoms with van der Waals surface area (Å²) >= 11 is 1.51. The maximum Gasteiger partial charge on any atom is 0.335 e. The summed E-state index contributed by atoms with van der Waals surface area (Å²) < 4.78 is 28.7. The molecule has 2 aromatic carbocycles. The Hall–Kier alpha value is -3.85. The van der Waals surface area contributed by atoms with Gasteiger partial charge in [-0.1, -0.05) is 58.0 Å². The fraction of sp³-hybridized carbons (Fsp3) is 0.471. The number of hydrogen-bond donors (Lipinski definition) is 3. The Labute approximate surface area is 286 Å². The number of aromatic nitrogens is 1. The highest BCUT2D eigenvalue weighted by atomic mass is 32.2. The molecule has 0 radical (unpaired) electrons. The number of aliphatic hydroxyl groups excluding tert-OH is 1. The van der Waals surface area contributed by atoms with Crippen molar-refractivity contribution in [3.05, 3.63) is 81.8 Å². The monoisotopic (exact) mass is 699 g/mol. The van der Waals surface area contributed by atoms with Gasteiger partial charge in [-0.2, -0.15) is 4.31 Å². The third-order valence-electron chi connectivity index (χ3n) is 8.17. The van der Waals surface area contributed by atoms with Gasteiger partial charge in [0.25, 0.3) is 0 Å². The van der Waals surface area contributed by atoms with E-state index in [2.05, 4.69) is 10.3 Å². The van der Waals surface area contributed by atoms with E-state index in [0.29, 0.717) is 19.6 Å². The average molecular weight is 700 g/mol. The normalized spacial score (nSPS) is 15.7. The predicted octanol–water partition coefficient (Wildman–Crippen LogP) is 3.85. The van der Waals surface area contributed by atoms with Crippen LogP contribution in [-0.2, 0) is 27.8 Å². The van der Waals surface area contributed by atoms with Crippen LogP contribution in [0.3, 0.4) is 0 Å². The molecule has 1 aliphatic rings. The molecule has 3 aromatic rings. The molecule has 0 unspecified atom stereocenters. The molecule has 12 nitrogen and oxygen atoms in total. The predicted molar refractivity (Wildman–Crippen MR) is 183 cm³/mol. The second-order valence-electron chi connectivity index (χ2n) is 12.9. The van der Waals surface area contributed by atoms with Gasteiger partial charge in [-0.25, -0.2) is 23.0 Å². The molecular weight excluding hydrogens is 655 g/mol. The summed E-state index contributed by atoms with van der Waals surface area (Å²) in [5, 5.41) is 26.7. The number of carbonyl (C=O) groups is 3. The van der Waals surface area contributed by atoms with Crippen molar-refractivity contribution in [2.75, 3.05) is 26.2 Å². The Bertz CT molecular complexity index is 1660. The van der Waals surface area contributed by atoms with Crippen LogP contribution in [-0.4, -0.2) is 100.0 Å². The van der Waals surface area contributed by atoms with Crippen molar-refractivity contribution in [3.8, 4) is 0 Å². The first-order valence-electron chi connectivity index (χ1n) is 16.0. The third kappa shape index (κ3) is 9.19. The smallest absolute Gasteiger partial charge is 0.335 e. The molecule has 1 saturated heterocycles. The first kappa shape index (κ1) is 37.0. The van der Waals surface area contributed by atoms with Gasteiger partial charge in [-0.15, -0.1) is 11.3 Å². The van der Waals surface area contributed by atoms with Crippen molar-refractivity contribution in [2.24, 2.45) is 11.8 Å². The number of aromatic carboxylic acids is 1. The summed E-state index contributed by atoms with van der Waals surface area (Å²) in [4.78, 5) is 46.5. The molecule has 3 N–H and O–H groups in total. The zero-order valence-corrected chi connectivity index (χ0v) is 29.6. The summed E-state index contributed by atoms with van der Waals surface area (Å²) in [6, 6.07) is 12.2. The summed E-state index contributed by atoms with van der Waals surface area (Å²) in [5.74, 6) is -1.97. The Morgan fingerprint density at radius 1 is 1.02 bits per heavy atom. The fourth-order valence-electron chi connectivity index (χ4n) is 5.84. The van der Waals surface area contributed by atoms with Gasteiger partial charge in [-0.3, -0.25) is 4.79 Å². The topological polar surface area (TPSA) is 160 Å². The zero-order chi connectivity index (χ0) is 35.2. The van der Waals surface area contributed by atoms with Gasteiger partial charge >= 0.3 is 12.0 Å². The number of sulfonamides is 1. The largest absolute Gasteiger partial charge is 0.478 e. The van der Waals surface area contributed by atoms with Crippen LogP contribution >= 0.6 is 11.3 Å². The highest BCUT2D eigenvalue weighted by molar-refractivity contribution is 7.89. The number of carboxylic acid groups (broad SMARTS) is 1. The standard InChI is InChI=1S/C34H45N5O7S2/c1-22(2)18-38(48(45,46)28-13-11-26(12-14-28)33(42)43)20-30(40)29(17-25-9-7-6-8-10-25)36-32(41)31(23(3)4)39-16-15-37(34(39)44)19-27-21-47-24(5)35-27/h6-14,21-23,29-31,40H,15-20H2,1-5H3,(H,36,41)(H,42,43)/t29-,30+,31-/m0/s1. The molecule has 3 atom stereocenters. The minimum absolute atomic E-state index is 0.0485. The quantitative estimate of drug-likeness (QED) is 0.203. The van der Waals surface area contributed by atoms with Crippen molar-refractivity contribution in [1.82, 2.24) is 24.4 Å². The first-order chi connectivity index (χ1) is 22.7. The molecule has 260 valence electrons. The fourth-order valence-corrected chi connectivity index (χ4v) is 8.06. The molecule has 48 heavy (non-hydrogen) atoms. The van der Waals surface area contributed by atoms with E-state index in [1.807, 2.05) is 70.3 Å². The molecule has 14 heteroatoms. The Morgan fingerprint density at radius 2 is 1.69 bits per heavy atom. The maximum atomic E-state index is 14.0. The van der Waals surface area contributed by atoms with Crippen LogP contribution in [0.2, 0.25) is 0 Å². The van der Waals surface area contributed by atoms with Crippen LogP contribution in [0.5, 0.6) is 0 Å². The molecule has 1 aromatic heterocycles. The van der Waals surface area contributed by atoms with E-state index in [1.54, 1.807) is 9.80 Å². The second-order valence-corrected chi connectivity index (χ2v) is 15.9. The summed E-state index contributed by atoms with van der Waals surface area (Å²) in [6.07, 6.45) is -1.11. The van der Waals surface area contributed by atoms with Crippen LogP contribution in [0.15, 0.2) is 64.9 Å². The zero-order valence-electron chi connectivity index (χ0n) is 27.9. The van der Waals surface area contributed by atoms with Crippen molar-refractivity contribution >= 4 is 39.3 Å². The number of hydrogen-bond acceptors (Lipinski definition) is 8. The molecule has 4 rings (SSSR count). The first-order valence-corrected chi connectivity index (χ1v) is 18.3. The number of aliphatic hydroxyl groups is 1. The van der Waals surface area contributed by atoms with Crippen LogP contribution in [0.1, 0.15) is 54.3 Å². The lowest BCUT2D eigenvalue weighted by molar-refractivity contribution is -0.128. The van der Waals surface area contributed by atoms with Gasteiger partial charge in [-0.05, 0) is 55.0 Å². The van der Waals surface area contributed by atoms with E-state index < -0.39 is 40.1 Å². The molecule has 0 bridgehead atoms. The summed E-state index contributed by atoms with van der Waals surface area (Å²) in [6.45, 7) is 10.2. The van der Waals surface area contributed by atoms with E-state index in [1.165, 1.54) is 39.9 Å². The Balaban J connectivity index is 1.57. The number of nitrogens with zero attached hydrogens (tertiary/aromatic N) is 4. The van der Waals surface area contributed by atoms with E-state index >= 15 is 0 Å². The average Bonchev–Trinajstić information content (AvgIpc) is 3.61. The molecular formula is C34H45N5O7S2. The summed E-state index contributed by atoms with van der Waals surface area (Å²) in [7, 11) is -4.14. The molecule has 1 aliphatic heterocycles. The van der Waals surface area contributed by atoms with Gasteiger partial charge in [0.15, 0.2) is 0 Å². The Kier molecular flexibility index (Phi) is 12.4. The highest BCUT2D eigenvalue weighted by Crippen LogP contribution is 2.23. The van der Waals surface area contributed by atoms with E-state index in [-0.39, 0.29) is 47.8 Å². The minimum atomic E-state index is -4.14. The molecule has 3 amide bonds. The number of aryl methyl sites for hydroxylation is 1. The molecule has 1 fully saturated rings. The van der Waals surface area contributed by atoms with E-state index in [4.69, 9.17) is 0 Å². The lowest BCUT2D eigenvalue weighted by Gasteiger charge is -2.34. The number of rotatable bonds is 16. The third-order valence-corrected chi connectivity index (χ3v) is 10.8. The van der Waals surface area contributed by atoms with Gasteiger partial charge in [0, 0.05) is 31.6 Å². The van der Waals surface area contributed by atoms with E-state index in [9.17, 15) is 33.0 Å². The van der Waals surface area contributed by atoms with Gasteiger partial charge < -0.3 is 25.3 Å². The van der Waals surface area contributed by atoms with Crippen LogP contribution < -0.4 is 5.32 Å². The van der Waals surface area contributed by atoms with Gasteiger partial charge in [0.05, 0.1) is 39.9 Å². The number of nitrogens with one attached hydrogen (secondary N) is 1. The number of urea groups is 1. The van der Waals surface area contributed by atoms with Gasteiger partial charge in [0.2, 0.25) is 15.9 Å². The number of amides is 3. The van der Waals surface area contributed by atoms with Crippen molar-refractivity contribution in [1.29, 1.82) is 0 Å². The van der Waals surface area contributed by atoms with Gasteiger partial charge in [0.1, 0.15) is 6.04 Å². The molecule has 2 heterocycles. The molecule has 0 aliphatic carbocycles. The SMILES string of the molecule is Cc1nc(CN2CCN([C@H](C(=O)N[C@@H](Cc3ccccc3)[C@H](O)CN(CC(C)C)S(=O)(=O)c3ccc(C(=O)O)cc3)C(C)C)C2=O)cs1. The van der Waals surface area contributed by atoms with Crippen LogP contribution in [0.25, 0.3) is 0 Å². The summed E-state index contributed by atoms with van der Waals surface area (Å²) in [5.41, 5.74) is 1.57. The maximum absolute atomic E-state index is 14.0. The second kappa shape index (κ2) is 16.0. The molecule has 0 spiro atoms. The number of carboxylic acids is 1. The highest BCUT2D eigenvalue weighted by Gasteiger charge is 2.40. The van der Waals surface area contributed by atoms with Crippen molar-refractivity contribution in [2.45, 2.75) is 70.7 Å². The number of carbonyl (C=O) groups excluding carboxylic acids is 2. The van der Waals surface area contributed by atoms with Crippen molar-refractivity contribution in [3.63, 3.8) is 0 Å². The number of thiazole rings is 1. The number of benzene rings is 2. The minimum Gasteiger partial charge on any atom is -0.478 e. The van der Waals surface area contributed by atoms with Crippen LogP contribution in [0, 0.1) is 18.8 Å².